The minimum atomic E-state index is 0.651. The zero-order valence-electron chi connectivity index (χ0n) is 8.09. The molecule has 0 fully saturated rings. The van der Waals surface area contributed by atoms with Crippen LogP contribution in [0.25, 0.3) is 0 Å². The molecule has 0 N–H and O–H groups in total. The van der Waals surface area contributed by atoms with Crippen molar-refractivity contribution in [1.82, 2.24) is 0 Å². The highest BCUT2D eigenvalue weighted by Crippen LogP contribution is 2.22. The largest absolute Gasteiger partial charge is 0.492 e. The minimum absolute atomic E-state index is 0.651. The monoisotopic (exact) mass is 178 g/mol. The van der Waals surface area contributed by atoms with Crippen molar-refractivity contribution in [2.75, 3.05) is 13.7 Å². The van der Waals surface area contributed by atoms with Gasteiger partial charge in [0.2, 0.25) is 5.75 Å². The molecular weight excluding hydrogens is 164 g/mol. The van der Waals surface area contributed by atoms with Gasteiger partial charge in [-0.2, -0.15) is 0 Å². The number of methoxy groups -OCH3 is 1. The summed E-state index contributed by atoms with van der Waals surface area (Å²) in [4.78, 5) is 0. The average molecular weight is 178 g/mol. The Hall–Kier alpha value is -1.36. The summed E-state index contributed by atoms with van der Waals surface area (Å²) in [6.07, 6.45) is 2.17. The summed E-state index contributed by atoms with van der Waals surface area (Å²) in [6, 6.07) is 9.28. The molecule has 13 heavy (non-hydrogen) atoms. The topological polar surface area (TPSA) is 18.5 Å². The molecule has 1 aromatic rings. The molecule has 0 bridgehead atoms. The fourth-order valence-corrected chi connectivity index (χ4v) is 0.948. The third-order valence-electron chi connectivity index (χ3n) is 1.69. The quantitative estimate of drug-likeness (QED) is 0.645. The van der Waals surface area contributed by atoms with Gasteiger partial charge < -0.3 is 9.47 Å². The molecule has 0 saturated carbocycles. The Morgan fingerprint density at radius 3 is 3.00 bits per heavy atom. The first-order chi connectivity index (χ1) is 6.38. The van der Waals surface area contributed by atoms with Gasteiger partial charge >= 0.3 is 0 Å². The maximum absolute atomic E-state index is 5.46. The molecule has 0 saturated heterocycles. The van der Waals surface area contributed by atoms with Gasteiger partial charge in [0.05, 0.1) is 13.7 Å². The molecular formula is C11H14O2. The summed E-state index contributed by atoms with van der Waals surface area (Å²) in [5, 5.41) is 0. The van der Waals surface area contributed by atoms with Crippen LogP contribution in [0.4, 0.5) is 0 Å². The van der Waals surface area contributed by atoms with Crippen LogP contribution >= 0.6 is 0 Å². The van der Waals surface area contributed by atoms with Gasteiger partial charge in [0.25, 0.3) is 0 Å². The van der Waals surface area contributed by atoms with Crippen molar-refractivity contribution in [3.8, 4) is 11.5 Å². The van der Waals surface area contributed by atoms with E-state index in [1.165, 1.54) is 0 Å². The van der Waals surface area contributed by atoms with E-state index >= 15 is 0 Å². The fraction of sp³-hybridized carbons (Fsp3) is 0.455. The van der Waals surface area contributed by atoms with Gasteiger partial charge in [0.15, 0.2) is 5.75 Å². The molecule has 70 valence electrons. The molecule has 0 amide bonds. The molecule has 0 spiro atoms. The SMILES string of the molecule is CCCCOc1c#cccc1OC. The van der Waals surface area contributed by atoms with Crippen LogP contribution in [0.1, 0.15) is 19.8 Å². The van der Waals surface area contributed by atoms with E-state index < -0.39 is 0 Å². The summed E-state index contributed by atoms with van der Waals surface area (Å²) in [7, 11) is 1.62. The first-order valence-electron chi connectivity index (χ1n) is 4.47. The first kappa shape index (κ1) is 9.73. The lowest BCUT2D eigenvalue weighted by atomic mass is 10.3. The highest BCUT2D eigenvalue weighted by Gasteiger charge is 2.00. The van der Waals surface area contributed by atoms with E-state index in [4.69, 9.17) is 9.47 Å². The molecule has 1 aromatic carbocycles. The molecule has 1 rings (SSSR count). The van der Waals surface area contributed by atoms with Crippen LogP contribution in [0, 0.1) is 12.1 Å². The molecule has 0 atom stereocenters. The first-order valence-corrected chi connectivity index (χ1v) is 4.47. The summed E-state index contributed by atoms with van der Waals surface area (Å²) >= 11 is 0. The number of unbranched alkanes of at least 4 members (excludes halogenated alkanes) is 1. The van der Waals surface area contributed by atoms with E-state index in [1.54, 1.807) is 13.2 Å². The Morgan fingerprint density at radius 2 is 2.31 bits per heavy atom. The number of ether oxygens (including phenoxy) is 2. The van der Waals surface area contributed by atoms with Crippen molar-refractivity contribution in [3.63, 3.8) is 0 Å². The van der Waals surface area contributed by atoms with Crippen LogP contribution in [0.2, 0.25) is 0 Å². The predicted molar refractivity (Wildman–Crippen MR) is 51.1 cm³/mol. The highest BCUT2D eigenvalue weighted by atomic mass is 16.5. The molecule has 2 heteroatoms. The van der Waals surface area contributed by atoms with Crippen LogP contribution in [-0.2, 0) is 0 Å². The molecule has 0 aliphatic rings. The van der Waals surface area contributed by atoms with Gasteiger partial charge in [-0.15, -0.1) is 0 Å². The third kappa shape index (κ3) is 2.87. The standard InChI is InChI=1S/C11H14O2/c1-3-4-9-13-11-8-6-5-7-10(11)12-2/h5,7H,3-4,9H2,1-2H3. The summed E-state index contributed by atoms with van der Waals surface area (Å²) in [5.74, 6) is 1.37. The molecule has 0 aliphatic carbocycles. The molecule has 0 unspecified atom stereocenters. The van der Waals surface area contributed by atoms with Crippen LogP contribution in [-0.4, -0.2) is 13.7 Å². The van der Waals surface area contributed by atoms with E-state index in [0.29, 0.717) is 12.4 Å². The third-order valence-corrected chi connectivity index (χ3v) is 1.69. The Balaban J connectivity index is 2.54. The normalized spacial score (nSPS) is 9.08. The Kier molecular flexibility index (Phi) is 3.98. The highest BCUT2D eigenvalue weighted by molar-refractivity contribution is 5.35. The molecule has 0 heterocycles. The van der Waals surface area contributed by atoms with Crippen LogP contribution in [0.15, 0.2) is 12.1 Å². The summed E-state index contributed by atoms with van der Waals surface area (Å²) < 4.78 is 10.6. The van der Waals surface area contributed by atoms with Crippen LogP contribution < -0.4 is 9.47 Å². The second kappa shape index (κ2) is 5.31. The summed E-state index contributed by atoms with van der Waals surface area (Å²) in [5.41, 5.74) is 0. The Morgan fingerprint density at radius 1 is 1.46 bits per heavy atom. The van der Waals surface area contributed by atoms with E-state index in [0.717, 1.165) is 18.6 Å². The lowest BCUT2D eigenvalue weighted by molar-refractivity contribution is 0.288. The Labute approximate surface area is 79.5 Å². The predicted octanol–water partition coefficient (Wildman–Crippen LogP) is 2.47. The zero-order valence-corrected chi connectivity index (χ0v) is 8.09. The molecule has 0 aromatic heterocycles. The molecule has 0 radical (unpaired) electrons. The second-order valence-electron chi connectivity index (χ2n) is 2.70. The lowest BCUT2D eigenvalue weighted by Crippen LogP contribution is -1.97. The lowest BCUT2D eigenvalue weighted by Gasteiger charge is -2.06. The van der Waals surface area contributed by atoms with Crippen molar-refractivity contribution in [2.45, 2.75) is 19.8 Å². The van der Waals surface area contributed by atoms with Crippen LogP contribution in [0.5, 0.6) is 11.5 Å². The zero-order chi connectivity index (χ0) is 9.52. The van der Waals surface area contributed by atoms with Crippen molar-refractivity contribution in [2.24, 2.45) is 0 Å². The van der Waals surface area contributed by atoms with E-state index in [2.05, 4.69) is 19.1 Å². The second-order valence-corrected chi connectivity index (χ2v) is 2.70. The van der Waals surface area contributed by atoms with E-state index in [1.807, 2.05) is 6.07 Å². The van der Waals surface area contributed by atoms with E-state index in [9.17, 15) is 0 Å². The van der Waals surface area contributed by atoms with Gasteiger partial charge in [0.1, 0.15) is 0 Å². The minimum Gasteiger partial charge on any atom is -0.492 e. The number of rotatable bonds is 5. The van der Waals surface area contributed by atoms with Crippen molar-refractivity contribution in [3.05, 3.63) is 24.3 Å². The van der Waals surface area contributed by atoms with Crippen molar-refractivity contribution >= 4 is 0 Å². The fourth-order valence-electron chi connectivity index (χ4n) is 0.948. The van der Waals surface area contributed by atoms with Gasteiger partial charge in [0, 0.05) is 0 Å². The number of hydrogen-bond acceptors (Lipinski definition) is 2. The van der Waals surface area contributed by atoms with Gasteiger partial charge in [-0.1, -0.05) is 19.4 Å². The van der Waals surface area contributed by atoms with Gasteiger partial charge in [-0.3, -0.25) is 0 Å². The van der Waals surface area contributed by atoms with Crippen molar-refractivity contribution < 1.29 is 9.47 Å². The van der Waals surface area contributed by atoms with Crippen LogP contribution in [0.3, 0.4) is 0 Å². The Bertz CT molecular complexity index is 246. The van der Waals surface area contributed by atoms with E-state index in [-0.39, 0.29) is 0 Å². The van der Waals surface area contributed by atoms with Gasteiger partial charge in [-0.25, -0.2) is 0 Å². The molecule has 0 aliphatic heterocycles. The maximum atomic E-state index is 5.46. The average Bonchev–Trinajstić information content (AvgIpc) is 2.19. The molecule has 2 nitrogen and oxygen atoms in total. The van der Waals surface area contributed by atoms with Crippen molar-refractivity contribution in [1.29, 1.82) is 0 Å². The smallest absolute Gasteiger partial charge is 0.213 e. The summed E-state index contributed by atoms with van der Waals surface area (Å²) in [6.45, 7) is 2.84. The van der Waals surface area contributed by atoms with Gasteiger partial charge in [-0.05, 0) is 24.6 Å². The number of hydrogen-bond donors (Lipinski definition) is 0. The maximum Gasteiger partial charge on any atom is 0.213 e.